The molecule has 1 saturated carbocycles. The fraction of sp³-hybridized carbons (Fsp3) is 0.375. The maximum absolute atomic E-state index is 13.8. The van der Waals surface area contributed by atoms with Gasteiger partial charge in [0.15, 0.2) is 5.78 Å². The van der Waals surface area contributed by atoms with Gasteiger partial charge in [-0.1, -0.05) is 0 Å². The van der Waals surface area contributed by atoms with Crippen molar-refractivity contribution in [3.8, 4) is 0 Å². The van der Waals surface area contributed by atoms with Crippen molar-refractivity contribution in [2.45, 2.75) is 32.2 Å². The third kappa shape index (κ3) is 3.94. The number of hydrogen-bond donors (Lipinski definition) is 2. The van der Waals surface area contributed by atoms with Crippen LogP contribution in [0.5, 0.6) is 0 Å². The number of carbonyl (C=O) groups is 3. The van der Waals surface area contributed by atoms with Gasteiger partial charge in [-0.2, -0.15) is 0 Å². The number of hydrogen-bond acceptors (Lipinski definition) is 5. The highest BCUT2D eigenvalue weighted by Crippen LogP contribution is 2.25. The van der Waals surface area contributed by atoms with Gasteiger partial charge in [0, 0.05) is 6.04 Å². The summed E-state index contributed by atoms with van der Waals surface area (Å²) >= 11 is 1.19. The van der Waals surface area contributed by atoms with Gasteiger partial charge in [0.1, 0.15) is 10.8 Å². The van der Waals surface area contributed by atoms with E-state index in [-0.39, 0.29) is 42.2 Å². The molecule has 8 heteroatoms. The molecule has 126 valence electrons. The highest BCUT2D eigenvalue weighted by molar-refractivity contribution is 7.18. The number of fused-ring (bicyclic) bond motifs is 1. The molecule has 6 nitrogen and oxygen atoms in total. The van der Waals surface area contributed by atoms with Gasteiger partial charge in [0.05, 0.1) is 28.7 Å². The Morgan fingerprint density at radius 2 is 2.04 bits per heavy atom. The normalized spacial score (nSPS) is 13.8. The van der Waals surface area contributed by atoms with Crippen LogP contribution in [-0.4, -0.2) is 35.2 Å². The molecule has 1 fully saturated rings. The van der Waals surface area contributed by atoms with Gasteiger partial charge < -0.3 is 10.6 Å². The first-order valence-electron chi connectivity index (χ1n) is 7.58. The molecule has 1 aliphatic carbocycles. The number of carbonyl (C=O) groups excluding carboxylic acids is 3. The van der Waals surface area contributed by atoms with E-state index in [2.05, 4.69) is 15.6 Å². The summed E-state index contributed by atoms with van der Waals surface area (Å²) < 4.78 is 14.4. The summed E-state index contributed by atoms with van der Waals surface area (Å²) in [6.07, 6.45) is 1.99. The monoisotopic (exact) mass is 349 g/mol. The number of amides is 2. The Bertz CT molecular complexity index is 829. The summed E-state index contributed by atoms with van der Waals surface area (Å²) in [5, 5.41) is 5.82. The minimum atomic E-state index is -0.591. The molecule has 1 aromatic heterocycles. The number of ketones is 1. The van der Waals surface area contributed by atoms with Crippen molar-refractivity contribution in [1.29, 1.82) is 0 Å². The van der Waals surface area contributed by atoms with E-state index in [0.29, 0.717) is 15.2 Å². The van der Waals surface area contributed by atoms with Crippen LogP contribution in [0.3, 0.4) is 0 Å². The van der Waals surface area contributed by atoms with Gasteiger partial charge >= 0.3 is 0 Å². The van der Waals surface area contributed by atoms with Crippen LogP contribution in [0.2, 0.25) is 0 Å². The fourth-order valence-corrected chi connectivity index (χ4v) is 3.20. The van der Waals surface area contributed by atoms with Crippen LogP contribution in [0.15, 0.2) is 12.1 Å². The van der Waals surface area contributed by atoms with Crippen LogP contribution in [0.4, 0.5) is 4.39 Å². The van der Waals surface area contributed by atoms with E-state index in [1.54, 1.807) is 0 Å². The quantitative estimate of drug-likeness (QED) is 0.775. The first kappa shape index (κ1) is 16.5. The van der Waals surface area contributed by atoms with Crippen molar-refractivity contribution in [3.63, 3.8) is 0 Å². The molecule has 0 radical (unpaired) electrons. The minimum absolute atomic E-state index is 0.00702. The maximum atomic E-state index is 13.8. The molecular weight excluding hydrogens is 333 g/mol. The molecule has 0 unspecified atom stereocenters. The number of rotatable bonds is 6. The van der Waals surface area contributed by atoms with E-state index in [4.69, 9.17) is 0 Å². The lowest BCUT2D eigenvalue weighted by molar-refractivity contribution is -0.125. The highest BCUT2D eigenvalue weighted by atomic mass is 32.1. The molecule has 2 N–H and O–H groups in total. The SMILES string of the molecule is CC(=O)c1cc2nc(CC(=O)NCC(=O)NC3CC3)sc2cc1F. The van der Waals surface area contributed by atoms with Crippen molar-refractivity contribution < 1.29 is 18.8 Å². The van der Waals surface area contributed by atoms with Gasteiger partial charge in [0.25, 0.3) is 0 Å². The molecule has 1 aliphatic rings. The number of Topliss-reactive ketones (excluding diaryl/α,β-unsaturated/α-hetero) is 1. The standard InChI is InChI=1S/C16H16FN3O3S/c1-8(21)10-4-12-13(5-11(10)17)24-16(20-12)6-14(22)18-7-15(23)19-9-2-3-9/h4-5,9H,2-3,6-7H2,1H3,(H,18,22)(H,19,23). The Kier molecular flexibility index (Phi) is 4.57. The summed E-state index contributed by atoms with van der Waals surface area (Å²) in [5.74, 6) is -1.50. The highest BCUT2D eigenvalue weighted by Gasteiger charge is 2.23. The molecular formula is C16H16FN3O3S. The summed E-state index contributed by atoms with van der Waals surface area (Å²) in [6.45, 7) is 1.22. The Labute approximate surface area is 141 Å². The largest absolute Gasteiger partial charge is 0.352 e. The zero-order chi connectivity index (χ0) is 17.3. The van der Waals surface area contributed by atoms with E-state index in [0.717, 1.165) is 12.8 Å². The van der Waals surface area contributed by atoms with E-state index in [1.807, 2.05) is 0 Å². The first-order chi connectivity index (χ1) is 11.4. The first-order valence-corrected chi connectivity index (χ1v) is 8.40. The summed E-state index contributed by atoms with van der Waals surface area (Å²) in [4.78, 5) is 39.0. The number of benzene rings is 1. The van der Waals surface area contributed by atoms with Crippen LogP contribution in [0.1, 0.15) is 35.1 Å². The van der Waals surface area contributed by atoms with Crippen LogP contribution in [0.25, 0.3) is 10.2 Å². The van der Waals surface area contributed by atoms with Crippen molar-refractivity contribution in [2.24, 2.45) is 0 Å². The Hall–Kier alpha value is -2.35. The van der Waals surface area contributed by atoms with E-state index in [9.17, 15) is 18.8 Å². The molecule has 0 atom stereocenters. The zero-order valence-electron chi connectivity index (χ0n) is 13.0. The number of nitrogens with one attached hydrogen (secondary N) is 2. The maximum Gasteiger partial charge on any atom is 0.239 e. The second-order valence-corrected chi connectivity index (χ2v) is 6.87. The molecule has 2 amide bonds. The van der Waals surface area contributed by atoms with E-state index < -0.39 is 5.82 Å². The molecule has 1 aromatic carbocycles. The Morgan fingerprint density at radius 1 is 1.29 bits per heavy atom. The number of aromatic nitrogens is 1. The van der Waals surface area contributed by atoms with Crippen LogP contribution >= 0.6 is 11.3 Å². The molecule has 2 aromatic rings. The zero-order valence-corrected chi connectivity index (χ0v) is 13.8. The van der Waals surface area contributed by atoms with E-state index >= 15 is 0 Å². The number of nitrogens with zero attached hydrogens (tertiary/aromatic N) is 1. The summed E-state index contributed by atoms with van der Waals surface area (Å²) in [5.41, 5.74) is 0.474. The predicted molar refractivity (Wildman–Crippen MR) is 87.5 cm³/mol. The van der Waals surface area contributed by atoms with Gasteiger partial charge in [-0.05, 0) is 31.9 Å². The van der Waals surface area contributed by atoms with Gasteiger partial charge in [-0.3, -0.25) is 14.4 Å². The molecule has 3 rings (SSSR count). The van der Waals surface area contributed by atoms with E-state index in [1.165, 1.54) is 30.4 Å². The lowest BCUT2D eigenvalue weighted by Crippen LogP contribution is -2.38. The average molecular weight is 349 g/mol. The number of thiazole rings is 1. The fourth-order valence-electron chi connectivity index (χ4n) is 2.23. The van der Waals surface area contributed by atoms with Crippen LogP contribution < -0.4 is 10.6 Å². The van der Waals surface area contributed by atoms with Gasteiger partial charge in [-0.15, -0.1) is 11.3 Å². The van der Waals surface area contributed by atoms with Crippen LogP contribution in [-0.2, 0) is 16.0 Å². The molecule has 0 spiro atoms. The summed E-state index contributed by atoms with van der Waals surface area (Å²) in [6, 6.07) is 2.91. The third-order valence-corrected chi connectivity index (χ3v) is 4.62. The van der Waals surface area contributed by atoms with Crippen molar-refractivity contribution in [1.82, 2.24) is 15.6 Å². The third-order valence-electron chi connectivity index (χ3n) is 3.60. The second-order valence-electron chi connectivity index (χ2n) is 5.76. The molecule has 0 aliphatic heterocycles. The number of halogens is 1. The molecule has 0 bridgehead atoms. The van der Waals surface area contributed by atoms with Crippen LogP contribution in [0, 0.1) is 5.82 Å². The average Bonchev–Trinajstić information content (AvgIpc) is 3.23. The van der Waals surface area contributed by atoms with Gasteiger partial charge in [0.2, 0.25) is 11.8 Å². The smallest absolute Gasteiger partial charge is 0.239 e. The molecule has 0 saturated heterocycles. The molecule has 24 heavy (non-hydrogen) atoms. The van der Waals surface area contributed by atoms with Crippen molar-refractivity contribution >= 4 is 39.2 Å². The molecule has 1 heterocycles. The second kappa shape index (κ2) is 6.64. The lowest BCUT2D eigenvalue weighted by atomic mass is 10.1. The minimum Gasteiger partial charge on any atom is -0.352 e. The topological polar surface area (TPSA) is 88.2 Å². The Morgan fingerprint density at radius 3 is 2.71 bits per heavy atom. The van der Waals surface area contributed by atoms with Crippen molar-refractivity contribution in [3.05, 3.63) is 28.5 Å². The summed E-state index contributed by atoms with van der Waals surface area (Å²) in [7, 11) is 0. The predicted octanol–water partition coefficient (Wildman–Crippen LogP) is 1.58. The lowest BCUT2D eigenvalue weighted by Gasteiger charge is -2.04. The Balaban J connectivity index is 1.62. The van der Waals surface area contributed by atoms with Crippen molar-refractivity contribution in [2.75, 3.05) is 6.54 Å². The van der Waals surface area contributed by atoms with Gasteiger partial charge in [-0.25, -0.2) is 9.37 Å².